The Morgan fingerprint density at radius 3 is 2.47 bits per heavy atom. The Bertz CT molecular complexity index is 607. The van der Waals surface area contributed by atoms with Gasteiger partial charge in [0.15, 0.2) is 0 Å². The molecule has 0 unspecified atom stereocenters. The van der Waals surface area contributed by atoms with Gasteiger partial charge in [0, 0.05) is 0 Å². The minimum absolute atomic E-state index is 0.149. The molecule has 3 aromatic heterocycles. The van der Waals surface area contributed by atoms with Crippen LogP contribution in [0, 0.1) is 0 Å². The standard InChI is InChI=1S/C13H10OS2Se/c14-8-9-3-4-11(16-9)13-6-5-12(17-13)10-2-1-7-15-10/h1-7,14H,8H2. The molecule has 0 saturated heterocycles. The second-order valence-electron chi connectivity index (χ2n) is 3.57. The van der Waals surface area contributed by atoms with E-state index >= 15 is 0 Å². The first-order valence-corrected chi connectivity index (χ1v) is 8.61. The molecule has 4 heteroatoms. The van der Waals surface area contributed by atoms with E-state index in [4.69, 9.17) is 5.11 Å². The van der Waals surface area contributed by atoms with Gasteiger partial charge in [-0.25, -0.2) is 0 Å². The van der Waals surface area contributed by atoms with E-state index < -0.39 is 0 Å². The van der Waals surface area contributed by atoms with Crippen molar-refractivity contribution in [2.75, 3.05) is 0 Å². The van der Waals surface area contributed by atoms with Crippen molar-refractivity contribution in [3.05, 3.63) is 46.7 Å². The van der Waals surface area contributed by atoms with Gasteiger partial charge < -0.3 is 0 Å². The molecule has 3 aromatic rings. The zero-order valence-electron chi connectivity index (χ0n) is 8.92. The van der Waals surface area contributed by atoms with Crippen molar-refractivity contribution in [3.63, 3.8) is 0 Å². The van der Waals surface area contributed by atoms with Crippen LogP contribution in [0.1, 0.15) is 4.88 Å². The molecule has 0 spiro atoms. The van der Waals surface area contributed by atoms with Crippen LogP contribution in [-0.4, -0.2) is 19.6 Å². The molecule has 0 fully saturated rings. The van der Waals surface area contributed by atoms with Gasteiger partial charge in [-0.1, -0.05) is 0 Å². The van der Waals surface area contributed by atoms with Gasteiger partial charge in [-0.15, -0.1) is 0 Å². The summed E-state index contributed by atoms with van der Waals surface area (Å²) >= 11 is 3.91. The summed E-state index contributed by atoms with van der Waals surface area (Å²) < 4.78 is 2.88. The molecular weight excluding hydrogens is 315 g/mol. The first-order valence-electron chi connectivity index (χ1n) is 5.20. The molecule has 1 nitrogen and oxygen atoms in total. The number of hydrogen-bond acceptors (Lipinski definition) is 3. The van der Waals surface area contributed by atoms with Gasteiger partial charge in [0.05, 0.1) is 0 Å². The Balaban J connectivity index is 1.94. The van der Waals surface area contributed by atoms with E-state index in [1.54, 1.807) is 22.7 Å². The quantitative estimate of drug-likeness (QED) is 0.728. The van der Waals surface area contributed by atoms with Crippen LogP contribution in [0.5, 0.6) is 0 Å². The van der Waals surface area contributed by atoms with Crippen LogP contribution >= 0.6 is 22.7 Å². The zero-order chi connectivity index (χ0) is 11.7. The molecule has 0 saturated carbocycles. The summed E-state index contributed by atoms with van der Waals surface area (Å²) in [6.45, 7) is 0.149. The molecule has 0 aliphatic carbocycles. The van der Waals surface area contributed by atoms with Crippen LogP contribution in [0.2, 0.25) is 0 Å². The molecule has 3 rings (SSSR count). The third kappa shape index (κ3) is 2.32. The molecule has 0 atom stereocenters. The third-order valence-electron chi connectivity index (χ3n) is 2.43. The summed E-state index contributed by atoms with van der Waals surface area (Å²) in [5, 5.41) is 11.2. The van der Waals surface area contributed by atoms with E-state index in [0.29, 0.717) is 14.5 Å². The Hall–Kier alpha value is -0.641. The van der Waals surface area contributed by atoms with E-state index in [2.05, 4.69) is 35.7 Å². The minimum atomic E-state index is 0.149. The summed E-state index contributed by atoms with van der Waals surface area (Å²) in [5.74, 6) is 0. The van der Waals surface area contributed by atoms with Gasteiger partial charge in [0.25, 0.3) is 0 Å². The Morgan fingerprint density at radius 2 is 1.82 bits per heavy atom. The monoisotopic (exact) mass is 326 g/mol. The van der Waals surface area contributed by atoms with Crippen LogP contribution in [0.15, 0.2) is 41.8 Å². The number of rotatable bonds is 3. The SMILES string of the molecule is OCc1ccc(-c2ccc(-c3cccs3)[se]2)s1. The van der Waals surface area contributed by atoms with Crippen molar-refractivity contribution in [1.82, 2.24) is 0 Å². The van der Waals surface area contributed by atoms with Crippen molar-refractivity contribution in [2.45, 2.75) is 6.61 Å². The van der Waals surface area contributed by atoms with Crippen LogP contribution < -0.4 is 0 Å². The molecule has 0 radical (unpaired) electrons. The third-order valence-corrected chi connectivity index (χ3v) is 7.44. The summed E-state index contributed by atoms with van der Waals surface area (Å²) in [6, 6.07) is 12.9. The average Bonchev–Trinajstić information content (AvgIpc) is 3.09. The van der Waals surface area contributed by atoms with Gasteiger partial charge in [0.1, 0.15) is 0 Å². The van der Waals surface area contributed by atoms with Gasteiger partial charge in [0.2, 0.25) is 0 Å². The number of thiophene rings is 2. The molecule has 0 aromatic carbocycles. The first kappa shape index (κ1) is 11.4. The molecule has 0 aliphatic rings. The van der Waals surface area contributed by atoms with Crippen molar-refractivity contribution >= 4 is 37.2 Å². The Kier molecular flexibility index (Phi) is 3.32. The predicted octanol–water partition coefficient (Wildman–Crippen LogP) is 3.69. The molecule has 0 aliphatic heterocycles. The summed E-state index contributed by atoms with van der Waals surface area (Å²) in [4.78, 5) is 3.73. The molecular formula is C13H10OS2Se. The van der Waals surface area contributed by atoms with Crippen molar-refractivity contribution in [1.29, 1.82) is 0 Å². The van der Waals surface area contributed by atoms with Crippen LogP contribution in [0.25, 0.3) is 18.6 Å². The molecule has 86 valence electrons. The summed E-state index contributed by atoms with van der Waals surface area (Å²) in [6.07, 6.45) is 0. The maximum absolute atomic E-state index is 9.08. The van der Waals surface area contributed by atoms with Crippen LogP contribution in [-0.2, 0) is 6.61 Å². The molecule has 1 N–H and O–H groups in total. The summed E-state index contributed by atoms with van der Waals surface area (Å²) in [5.41, 5.74) is 0. The van der Waals surface area contributed by atoms with Gasteiger partial charge in [-0.3, -0.25) is 0 Å². The van der Waals surface area contributed by atoms with Crippen LogP contribution in [0.4, 0.5) is 0 Å². The predicted molar refractivity (Wildman–Crippen MR) is 75.9 cm³/mol. The topological polar surface area (TPSA) is 20.2 Å². The van der Waals surface area contributed by atoms with Crippen molar-refractivity contribution < 1.29 is 5.11 Å². The second kappa shape index (κ2) is 4.92. The molecule has 0 bridgehead atoms. The van der Waals surface area contributed by atoms with Crippen molar-refractivity contribution in [2.24, 2.45) is 0 Å². The fraction of sp³-hybridized carbons (Fsp3) is 0.0769. The van der Waals surface area contributed by atoms with E-state index in [-0.39, 0.29) is 6.61 Å². The van der Waals surface area contributed by atoms with Gasteiger partial charge in [-0.2, -0.15) is 0 Å². The number of aliphatic hydroxyl groups excluding tert-OH is 1. The van der Waals surface area contributed by atoms with E-state index in [1.165, 1.54) is 18.6 Å². The van der Waals surface area contributed by atoms with E-state index in [0.717, 1.165) is 4.88 Å². The molecule has 3 heterocycles. The summed E-state index contributed by atoms with van der Waals surface area (Å²) in [7, 11) is 0. The Labute approximate surface area is 114 Å². The average molecular weight is 325 g/mol. The van der Waals surface area contributed by atoms with Crippen molar-refractivity contribution in [3.8, 4) is 18.6 Å². The Morgan fingerprint density at radius 1 is 1.00 bits per heavy atom. The van der Waals surface area contributed by atoms with Gasteiger partial charge >= 0.3 is 114 Å². The molecule has 0 amide bonds. The van der Waals surface area contributed by atoms with Gasteiger partial charge in [-0.05, 0) is 0 Å². The van der Waals surface area contributed by atoms with Crippen LogP contribution in [0.3, 0.4) is 0 Å². The first-order chi connectivity index (χ1) is 8.36. The molecule has 17 heavy (non-hydrogen) atoms. The fourth-order valence-corrected chi connectivity index (χ4v) is 5.82. The fourth-order valence-electron chi connectivity index (χ4n) is 1.62. The normalized spacial score (nSPS) is 10.9. The second-order valence-corrected chi connectivity index (χ2v) is 7.96. The zero-order valence-corrected chi connectivity index (χ0v) is 12.3. The van der Waals surface area contributed by atoms with E-state index in [1.807, 2.05) is 6.07 Å². The number of aliphatic hydroxyl groups is 1. The van der Waals surface area contributed by atoms with E-state index in [9.17, 15) is 0 Å². The number of hydrogen-bond donors (Lipinski definition) is 1. The maximum atomic E-state index is 9.08.